The van der Waals surface area contributed by atoms with Crippen molar-refractivity contribution in [2.45, 2.75) is 13.0 Å². The summed E-state index contributed by atoms with van der Waals surface area (Å²) in [6.45, 7) is 0.179. The molecule has 4 rings (SSSR count). The maximum Gasteiger partial charge on any atom is 0.287 e. The van der Waals surface area contributed by atoms with E-state index in [4.69, 9.17) is 8.83 Å². The second kappa shape index (κ2) is 9.35. The zero-order valence-electron chi connectivity index (χ0n) is 17.2. The van der Waals surface area contributed by atoms with Crippen LogP contribution in [-0.4, -0.2) is 16.8 Å². The monoisotopic (exact) mass is 447 g/mol. The predicted octanol–water partition coefficient (Wildman–Crippen LogP) is 3.83. The van der Waals surface area contributed by atoms with Crippen LogP contribution in [0.1, 0.15) is 43.8 Å². The van der Waals surface area contributed by atoms with Crippen molar-refractivity contribution in [1.29, 1.82) is 0 Å². The molecule has 2 aromatic carbocycles. The third kappa shape index (κ3) is 5.07. The van der Waals surface area contributed by atoms with Crippen LogP contribution in [0, 0.1) is 5.82 Å². The molecule has 1 amide bonds. The van der Waals surface area contributed by atoms with Gasteiger partial charge in [-0.25, -0.2) is 4.39 Å². The summed E-state index contributed by atoms with van der Waals surface area (Å²) in [5.74, 6) is -3.81. The summed E-state index contributed by atoms with van der Waals surface area (Å²) < 4.78 is 23.9. The summed E-state index contributed by atoms with van der Waals surface area (Å²) in [6.07, 6.45) is 0.297. The average molecular weight is 447 g/mol. The van der Waals surface area contributed by atoms with Gasteiger partial charge in [-0.05, 0) is 35.4 Å². The van der Waals surface area contributed by atoms with Gasteiger partial charge in [0.2, 0.25) is 16.9 Å². The van der Waals surface area contributed by atoms with Crippen LogP contribution >= 0.6 is 0 Å². The van der Waals surface area contributed by atoms with Crippen LogP contribution in [0.5, 0.6) is 5.75 Å². The van der Waals surface area contributed by atoms with E-state index in [1.807, 2.05) is 30.3 Å². The molecule has 0 fully saturated rings. The van der Waals surface area contributed by atoms with Gasteiger partial charge in [-0.2, -0.15) is 0 Å². The van der Waals surface area contributed by atoms with Gasteiger partial charge in [-0.3, -0.25) is 14.4 Å². The Balaban J connectivity index is 1.53. The largest absolute Gasteiger partial charge is 0.501 e. The molecule has 0 unspecified atom stereocenters. The van der Waals surface area contributed by atoms with Crippen molar-refractivity contribution < 1.29 is 27.9 Å². The SMILES string of the molecule is O=C(NCc1ccccc1)c1cc(=O)c(O)c(C(=O)c2ccc(Cc3ccc(F)cc3)o2)o1. The van der Waals surface area contributed by atoms with Crippen molar-refractivity contribution in [2.75, 3.05) is 0 Å². The molecule has 2 N–H and O–H groups in total. The minimum atomic E-state index is -0.937. The lowest BCUT2D eigenvalue weighted by molar-refractivity contribution is 0.0906. The van der Waals surface area contributed by atoms with Crippen LogP contribution in [-0.2, 0) is 13.0 Å². The quantitative estimate of drug-likeness (QED) is 0.417. The van der Waals surface area contributed by atoms with E-state index in [0.29, 0.717) is 12.2 Å². The van der Waals surface area contributed by atoms with Crippen molar-refractivity contribution in [2.24, 2.45) is 0 Å². The molecule has 0 saturated carbocycles. The fourth-order valence-corrected chi connectivity index (χ4v) is 3.13. The third-order valence-corrected chi connectivity index (χ3v) is 4.83. The minimum Gasteiger partial charge on any atom is -0.501 e. The normalized spacial score (nSPS) is 10.7. The Bertz CT molecular complexity index is 1360. The van der Waals surface area contributed by atoms with E-state index in [9.17, 15) is 23.9 Å². The number of ketones is 1. The summed E-state index contributed by atoms with van der Waals surface area (Å²) >= 11 is 0. The molecule has 8 heteroatoms. The Morgan fingerprint density at radius 2 is 1.61 bits per heavy atom. The highest BCUT2D eigenvalue weighted by molar-refractivity contribution is 6.07. The highest BCUT2D eigenvalue weighted by Crippen LogP contribution is 2.21. The van der Waals surface area contributed by atoms with E-state index in [0.717, 1.165) is 17.2 Å². The fraction of sp³-hybridized carbons (Fsp3) is 0.0800. The number of carbonyl (C=O) groups is 2. The van der Waals surface area contributed by atoms with Crippen LogP contribution in [0.15, 0.2) is 86.4 Å². The zero-order chi connectivity index (χ0) is 23.4. The molecule has 0 spiro atoms. The van der Waals surface area contributed by atoms with Crippen molar-refractivity contribution in [1.82, 2.24) is 5.32 Å². The molecule has 4 aromatic rings. The molecule has 2 heterocycles. The third-order valence-electron chi connectivity index (χ3n) is 4.83. The zero-order valence-corrected chi connectivity index (χ0v) is 17.2. The number of hydrogen-bond donors (Lipinski definition) is 2. The van der Waals surface area contributed by atoms with E-state index in [-0.39, 0.29) is 18.1 Å². The van der Waals surface area contributed by atoms with Gasteiger partial charge in [0, 0.05) is 19.0 Å². The molecule has 166 valence electrons. The minimum absolute atomic E-state index is 0.179. The molecule has 33 heavy (non-hydrogen) atoms. The Hall–Kier alpha value is -4.46. The van der Waals surface area contributed by atoms with Gasteiger partial charge in [0.25, 0.3) is 11.7 Å². The number of halogens is 1. The number of amides is 1. The maximum atomic E-state index is 13.1. The Morgan fingerprint density at radius 3 is 2.33 bits per heavy atom. The summed E-state index contributed by atoms with van der Waals surface area (Å²) in [5, 5.41) is 12.7. The lowest BCUT2D eigenvalue weighted by atomic mass is 10.1. The van der Waals surface area contributed by atoms with Gasteiger partial charge in [0.1, 0.15) is 11.6 Å². The summed E-state index contributed by atoms with van der Waals surface area (Å²) in [4.78, 5) is 37.4. The van der Waals surface area contributed by atoms with E-state index in [2.05, 4.69) is 5.32 Å². The Labute approximate surface area is 187 Å². The first-order valence-electron chi connectivity index (χ1n) is 9.98. The van der Waals surface area contributed by atoms with Crippen LogP contribution in [0.25, 0.3) is 0 Å². The number of furan rings is 1. The summed E-state index contributed by atoms with van der Waals surface area (Å²) in [5.41, 5.74) is 0.649. The van der Waals surface area contributed by atoms with Gasteiger partial charge in [0.15, 0.2) is 11.5 Å². The molecular weight excluding hydrogens is 429 g/mol. The van der Waals surface area contributed by atoms with Crippen LogP contribution < -0.4 is 10.7 Å². The molecule has 0 saturated heterocycles. The lowest BCUT2D eigenvalue weighted by Crippen LogP contribution is -2.24. The molecule has 0 bridgehead atoms. The second-order valence-electron chi connectivity index (χ2n) is 7.22. The highest BCUT2D eigenvalue weighted by Gasteiger charge is 2.25. The molecule has 0 aliphatic rings. The Morgan fingerprint density at radius 1 is 0.879 bits per heavy atom. The first-order chi connectivity index (χ1) is 15.9. The van der Waals surface area contributed by atoms with Crippen LogP contribution in [0.2, 0.25) is 0 Å². The lowest BCUT2D eigenvalue weighted by Gasteiger charge is -2.07. The number of benzene rings is 2. The number of rotatable bonds is 7. The van der Waals surface area contributed by atoms with Crippen molar-refractivity contribution >= 4 is 11.7 Å². The van der Waals surface area contributed by atoms with E-state index < -0.39 is 34.4 Å². The number of hydrogen-bond acceptors (Lipinski definition) is 6. The fourth-order valence-electron chi connectivity index (χ4n) is 3.13. The number of carbonyl (C=O) groups excluding carboxylic acids is 2. The molecule has 0 atom stereocenters. The average Bonchev–Trinajstić information content (AvgIpc) is 3.29. The summed E-state index contributed by atoms with van der Waals surface area (Å²) in [7, 11) is 0. The molecule has 0 radical (unpaired) electrons. The standard InChI is InChI=1S/C25H18FNO6/c26-17-8-6-15(7-9-17)12-18-10-11-20(32-18)23(30)24-22(29)19(28)13-21(33-24)25(31)27-14-16-4-2-1-3-5-16/h1-11,13,29H,12,14H2,(H,27,31). The van der Waals surface area contributed by atoms with E-state index in [1.54, 1.807) is 18.2 Å². The van der Waals surface area contributed by atoms with Crippen LogP contribution in [0.4, 0.5) is 4.39 Å². The Kier molecular flexibility index (Phi) is 6.17. The van der Waals surface area contributed by atoms with Crippen molar-refractivity contribution in [3.05, 3.63) is 123 Å². The number of aromatic hydroxyl groups is 1. The van der Waals surface area contributed by atoms with Gasteiger partial charge in [-0.15, -0.1) is 0 Å². The highest BCUT2D eigenvalue weighted by atomic mass is 19.1. The number of nitrogens with one attached hydrogen (secondary N) is 1. The maximum absolute atomic E-state index is 13.1. The summed E-state index contributed by atoms with van der Waals surface area (Å²) in [6, 6.07) is 18.6. The van der Waals surface area contributed by atoms with Gasteiger partial charge >= 0.3 is 0 Å². The van der Waals surface area contributed by atoms with Gasteiger partial charge < -0.3 is 19.3 Å². The van der Waals surface area contributed by atoms with Crippen molar-refractivity contribution in [3.8, 4) is 5.75 Å². The van der Waals surface area contributed by atoms with Crippen molar-refractivity contribution in [3.63, 3.8) is 0 Å². The van der Waals surface area contributed by atoms with E-state index in [1.165, 1.54) is 18.2 Å². The first-order valence-corrected chi connectivity index (χ1v) is 9.98. The van der Waals surface area contributed by atoms with E-state index >= 15 is 0 Å². The first kappa shape index (κ1) is 21.8. The molecule has 0 aliphatic heterocycles. The second-order valence-corrected chi connectivity index (χ2v) is 7.22. The van der Waals surface area contributed by atoms with Gasteiger partial charge in [-0.1, -0.05) is 42.5 Å². The molecule has 7 nitrogen and oxygen atoms in total. The predicted molar refractivity (Wildman–Crippen MR) is 116 cm³/mol. The molecule has 0 aliphatic carbocycles. The van der Waals surface area contributed by atoms with Crippen LogP contribution in [0.3, 0.4) is 0 Å². The topological polar surface area (TPSA) is 110 Å². The smallest absolute Gasteiger partial charge is 0.287 e. The van der Waals surface area contributed by atoms with Gasteiger partial charge in [0.05, 0.1) is 0 Å². The molecular formula is C25H18FNO6. The molecule has 2 aromatic heterocycles.